The van der Waals surface area contributed by atoms with E-state index >= 15 is 0 Å². The number of hydrogen-bond donors (Lipinski definition) is 1. The average Bonchev–Trinajstić information content (AvgIpc) is 3.37. The number of nitrogens with one attached hydrogen (secondary N) is 1. The van der Waals surface area contributed by atoms with Gasteiger partial charge in [-0.25, -0.2) is 0 Å². The number of likely N-dealkylation sites (tertiary alicyclic amines) is 1. The standard InChI is InChI=1S/C23H25ClN4O/c1-14(2)20-12-22(27-26-20)23(29)28-9-8-16(13-28)21-11-17(10-15(3)25-21)18-6-4-5-7-19(18)24/h4-7,10-12,14,16H,8-9,13H2,1-3H3,(H,26,27). The molecule has 0 bridgehead atoms. The largest absolute Gasteiger partial charge is 0.337 e. The molecule has 1 atom stereocenters. The number of pyridine rings is 1. The van der Waals surface area contributed by atoms with E-state index in [0.29, 0.717) is 18.2 Å². The summed E-state index contributed by atoms with van der Waals surface area (Å²) in [6.45, 7) is 7.51. The number of amides is 1. The highest BCUT2D eigenvalue weighted by atomic mass is 35.5. The van der Waals surface area contributed by atoms with E-state index in [4.69, 9.17) is 16.6 Å². The topological polar surface area (TPSA) is 61.9 Å². The monoisotopic (exact) mass is 408 g/mol. The molecule has 0 spiro atoms. The molecule has 1 saturated heterocycles. The lowest BCUT2D eigenvalue weighted by Gasteiger charge is -2.16. The number of aromatic nitrogens is 3. The quantitative estimate of drug-likeness (QED) is 0.646. The van der Waals surface area contributed by atoms with Crippen molar-refractivity contribution in [2.75, 3.05) is 13.1 Å². The smallest absolute Gasteiger partial charge is 0.271 e. The van der Waals surface area contributed by atoms with Crippen molar-refractivity contribution in [1.82, 2.24) is 20.1 Å². The number of H-pyrrole nitrogens is 1. The fraction of sp³-hybridized carbons (Fsp3) is 0.348. The summed E-state index contributed by atoms with van der Waals surface area (Å²) in [5.74, 6) is 0.511. The molecule has 5 nitrogen and oxygen atoms in total. The van der Waals surface area contributed by atoms with Crippen molar-refractivity contribution in [2.45, 2.75) is 39.0 Å². The van der Waals surface area contributed by atoms with Crippen molar-refractivity contribution in [3.63, 3.8) is 0 Å². The molecule has 1 unspecified atom stereocenters. The SMILES string of the molecule is Cc1cc(-c2ccccc2Cl)cc(C2CCN(C(=O)c3cc(C(C)C)n[nH]3)C2)n1. The predicted molar refractivity (Wildman–Crippen MR) is 115 cm³/mol. The summed E-state index contributed by atoms with van der Waals surface area (Å²) < 4.78 is 0. The minimum absolute atomic E-state index is 0.00544. The second kappa shape index (κ2) is 7.99. The second-order valence-corrected chi connectivity index (χ2v) is 8.41. The number of benzene rings is 1. The van der Waals surface area contributed by atoms with E-state index in [2.05, 4.69) is 36.2 Å². The number of nitrogens with zero attached hydrogens (tertiary/aromatic N) is 3. The molecule has 29 heavy (non-hydrogen) atoms. The van der Waals surface area contributed by atoms with Crippen LogP contribution in [-0.4, -0.2) is 39.1 Å². The Labute approximate surface area is 176 Å². The van der Waals surface area contributed by atoms with Crippen LogP contribution in [0.2, 0.25) is 5.02 Å². The maximum Gasteiger partial charge on any atom is 0.271 e. The Balaban J connectivity index is 1.54. The lowest BCUT2D eigenvalue weighted by atomic mass is 9.98. The zero-order valence-electron chi connectivity index (χ0n) is 16.9. The Hall–Kier alpha value is -2.66. The predicted octanol–water partition coefficient (Wildman–Crippen LogP) is 5.19. The molecule has 1 aliphatic heterocycles. The van der Waals surface area contributed by atoms with Crippen molar-refractivity contribution >= 4 is 17.5 Å². The summed E-state index contributed by atoms with van der Waals surface area (Å²) in [6.07, 6.45) is 0.898. The molecular formula is C23H25ClN4O. The van der Waals surface area contributed by atoms with Gasteiger partial charge in [0.2, 0.25) is 0 Å². The fourth-order valence-electron chi connectivity index (χ4n) is 3.85. The van der Waals surface area contributed by atoms with Crippen molar-refractivity contribution in [2.24, 2.45) is 0 Å². The average molecular weight is 409 g/mol. The van der Waals surface area contributed by atoms with Gasteiger partial charge in [0.05, 0.1) is 5.69 Å². The molecule has 1 fully saturated rings. The van der Waals surface area contributed by atoms with Gasteiger partial charge in [0, 0.05) is 41.0 Å². The zero-order valence-corrected chi connectivity index (χ0v) is 17.7. The molecule has 4 rings (SSSR count). The number of aromatic amines is 1. The van der Waals surface area contributed by atoms with Crippen LogP contribution in [0.1, 0.15) is 59.7 Å². The number of carbonyl (C=O) groups excluding carboxylic acids is 1. The van der Waals surface area contributed by atoms with E-state index in [0.717, 1.165) is 46.2 Å². The Morgan fingerprint density at radius 2 is 2.03 bits per heavy atom. The molecule has 0 aliphatic carbocycles. The van der Waals surface area contributed by atoms with Gasteiger partial charge in [0.25, 0.3) is 5.91 Å². The molecule has 3 aromatic rings. The third-order valence-electron chi connectivity index (χ3n) is 5.47. The molecule has 3 heterocycles. The molecular weight excluding hydrogens is 384 g/mol. The van der Waals surface area contributed by atoms with Crippen LogP contribution in [-0.2, 0) is 0 Å². The first kappa shape index (κ1) is 19.6. The Morgan fingerprint density at radius 3 is 2.76 bits per heavy atom. The number of carbonyl (C=O) groups is 1. The first-order valence-electron chi connectivity index (χ1n) is 10.0. The molecule has 2 aromatic heterocycles. The van der Waals surface area contributed by atoms with E-state index < -0.39 is 0 Å². The van der Waals surface area contributed by atoms with E-state index in [1.54, 1.807) is 0 Å². The van der Waals surface area contributed by atoms with E-state index in [1.807, 2.05) is 42.2 Å². The first-order valence-corrected chi connectivity index (χ1v) is 10.4. The van der Waals surface area contributed by atoms with Crippen LogP contribution in [0.4, 0.5) is 0 Å². The number of aryl methyl sites for hydroxylation is 1. The Morgan fingerprint density at radius 1 is 1.24 bits per heavy atom. The summed E-state index contributed by atoms with van der Waals surface area (Å²) in [6, 6.07) is 13.9. The highest BCUT2D eigenvalue weighted by Gasteiger charge is 2.30. The fourth-order valence-corrected chi connectivity index (χ4v) is 4.10. The maximum absolute atomic E-state index is 12.9. The van der Waals surface area contributed by atoms with Crippen molar-refractivity contribution in [1.29, 1.82) is 0 Å². The van der Waals surface area contributed by atoms with E-state index in [9.17, 15) is 4.79 Å². The van der Waals surface area contributed by atoms with Gasteiger partial charge in [-0.1, -0.05) is 43.6 Å². The second-order valence-electron chi connectivity index (χ2n) is 8.00. The normalized spacial score (nSPS) is 16.6. The lowest BCUT2D eigenvalue weighted by molar-refractivity contribution is 0.0785. The van der Waals surface area contributed by atoms with Crippen molar-refractivity contribution in [3.05, 3.63) is 70.3 Å². The van der Waals surface area contributed by atoms with Crippen LogP contribution in [0.3, 0.4) is 0 Å². The van der Waals surface area contributed by atoms with Gasteiger partial charge in [-0.15, -0.1) is 0 Å². The summed E-state index contributed by atoms with van der Waals surface area (Å²) >= 11 is 6.40. The molecule has 1 amide bonds. The van der Waals surface area contributed by atoms with Gasteiger partial charge in [-0.05, 0) is 49.1 Å². The first-order chi connectivity index (χ1) is 13.9. The lowest BCUT2D eigenvalue weighted by Crippen LogP contribution is -2.28. The molecule has 6 heteroatoms. The van der Waals surface area contributed by atoms with E-state index in [-0.39, 0.29) is 11.8 Å². The van der Waals surface area contributed by atoms with Crippen LogP contribution >= 0.6 is 11.6 Å². The van der Waals surface area contributed by atoms with Crippen molar-refractivity contribution in [3.8, 4) is 11.1 Å². The summed E-state index contributed by atoms with van der Waals surface area (Å²) in [5.41, 5.74) is 5.51. The summed E-state index contributed by atoms with van der Waals surface area (Å²) in [7, 11) is 0. The van der Waals surface area contributed by atoms with Crippen LogP contribution in [0, 0.1) is 6.92 Å². The van der Waals surface area contributed by atoms with Gasteiger partial charge < -0.3 is 4.90 Å². The number of rotatable bonds is 4. The highest BCUT2D eigenvalue weighted by molar-refractivity contribution is 6.33. The number of halogens is 1. The third kappa shape index (κ3) is 4.06. The minimum atomic E-state index is 0.00544. The Kier molecular flexibility index (Phi) is 5.41. The molecule has 0 radical (unpaired) electrons. The van der Waals surface area contributed by atoms with Crippen molar-refractivity contribution < 1.29 is 4.79 Å². The van der Waals surface area contributed by atoms with Gasteiger partial charge in [0.15, 0.2) is 0 Å². The highest BCUT2D eigenvalue weighted by Crippen LogP contribution is 2.33. The Bertz CT molecular complexity index is 1040. The van der Waals surface area contributed by atoms with Crippen LogP contribution in [0.5, 0.6) is 0 Å². The van der Waals surface area contributed by atoms with Gasteiger partial charge in [-0.3, -0.25) is 14.9 Å². The molecule has 0 saturated carbocycles. The molecule has 150 valence electrons. The van der Waals surface area contributed by atoms with Crippen LogP contribution in [0.15, 0.2) is 42.5 Å². The third-order valence-corrected chi connectivity index (χ3v) is 5.80. The van der Waals surface area contributed by atoms with Gasteiger partial charge >= 0.3 is 0 Å². The van der Waals surface area contributed by atoms with Crippen LogP contribution in [0.25, 0.3) is 11.1 Å². The zero-order chi connectivity index (χ0) is 20.5. The van der Waals surface area contributed by atoms with E-state index in [1.165, 1.54) is 0 Å². The minimum Gasteiger partial charge on any atom is -0.337 e. The van der Waals surface area contributed by atoms with Gasteiger partial charge in [-0.2, -0.15) is 5.10 Å². The molecule has 1 N–H and O–H groups in total. The number of hydrogen-bond acceptors (Lipinski definition) is 3. The van der Waals surface area contributed by atoms with Gasteiger partial charge in [0.1, 0.15) is 5.69 Å². The molecule has 1 aromatic carbocycles. The molecule has 1 aliphatic rings. The summed E-state index contributed by atoms with van der Waals surface area (Å²) in [4.78, 5) is 19.5. The maximum atomic E-state index is 12.9. The summed E-state index contributed by atoms with van der Waals surface area (Å²) in [5, 5.41) is 7.88. The van der Waals surface area contributed by atoms with Crippen LogP contribution < -0.4 is 0 Å².